The van der Waals surface area contributed by atoms with Crippen molar-refractivity contribution in [2.24, 2.45) is 0 Å². The molecule has 0 aliphatic carbocycles. The molecule has 0 radical (unpaired) electrons. The Morgan fingerprint density at radius 3 is 2.55 bits per heavy atom. The summed E-state index contributed by atoms with van der Waals surface area (Å²) in [6.45, 7) is 0.959. The highest BCUT2D eigenvalue weighted by Gasteiger charge is 2.36. The third-order valence-corrected chi connectivity index (χ3v) is 5.41. The van der Waals surface area contributed by atoms with Crippen molar-refractivity contribution < 1.29 is 35.9 Å². The highest BCUT2D eigenvalue weighted by molar-refractivity contribution is 5.88. The van der Waals surface area contributed by atoms with E-state index >= 15 is 0 Å². The first kappa shape index (κ1) is 23.0. The number of carbonyl (C=O) groups is 1. The normalized spacial score (nSPS) is 16.7. The second-order valence-electron chi connectivity index (χ2n) is 7.83. The fourth-order valence-corrected chi connectivity index (χ4v) is 3.67. The zero-order valence-electron chi connectivity index (χ0n) is 17.5. The zero-order valence-corrected chi connectivity index (χ0v) is 17.5. The lowest BCUT2D eigenvalue weighted by Crippen LogP contribution is -2.38. The number of fused-ring (bicyclic) bond motifs is 1. The van der Waals surface area contributed by atoms with Crippen LogP contribution in [-0.2, 0) is 12.7 Å². The summed E-state index contributed by atoms with van der Waals surface area (Å²) in [4.78, 5) is 17.5. The number of piperidine rings is 1. The van der Waals surface area contributed by atoms with Gasteiger partial charge in [0.25, 0.3) is 11.9 Å². The summed E-state index contributed by atoms with van der Waals surface area (Å²) in [5.74, 6) is -3.01. The number of alkyl halides is 5. The van der Waals surface area contributed by atoms with Crippen molar-refractivity contribution in [1.29, 1.82) is 0 Å². The van der Waals surface area contributed by atoms with E-state index in [0.29, 0.717) is 12.2 Å². The number of nitrogens with zero attached hydrogens (tertiary/aromatic N) is 2. The minimum atomic E-state index is -4.72. The summed E-state index contributed by atoms with van der Waals surface area (Å²) in [5, 5.41) is 2.28. The second-order valence-corrected chi connectivity index (χ2v) is 7.83. The van der Waals surface area contributed by atoms with E-state index in [0.717, 1.165) is 11.6 Å². The molecular formula is C22H20F5N3O3. The fraction of sp³-hybridized carbons (Fsp3) is 0.364. The number of nitrogens with one attached hydrogen (secondary N) is 1. The van der Waals surface area contributed by atoms with Crippen LogP contribution in [0.15, 0.2) is 40.9 Å². The van der Waals surface area contributed by atoms with Gasteiger partial charge in [0.15, 0.2) is 5.58 Å². The lowest BCUT2D eigenvalue weighted by molar-refractivity contribution is -0.136. The van der Waals surface area contributed by atoms with E-state index in [2.05, 4.69) is 10.3 Å². The smallest absolute Gasteiger partial charge is 0.420 e. The SMILES string of the molecule is CNC(=O)Oc1cc2cc(-c3ccc(CN4CCC(F)(F)CC4)cn3)cc(C(F)(F)F)c2o1. The first-order valence-electron chi connectivity index (χ1n) is 10.1. The first-order valence-corrected chi connectivity index (χ1v) is 10.1. The van der Waals surface area contributed by atoms with Gasteiger partial charge in [-0.2, -0.15) is 13.2 Å². The lowest BCUT2D eigenvalue weighted by Gasteiger charge is -2.31. The molecule has 0 saturated carbocycles. The average Bonchev–Trinajstić information content (AvgIpc) is 3.16. The van der Waals surface area contributed by atoms with E-state index in [4.69, 9.17) is 9.15 Å². The molecular weight excluding hydrogens is 449 g/mol. The van der Waals surface area contributed by atoms with Crippen LogP contribution < -0.4 is 10.1 Å². The maximum atomic E-state index is 13.7. The number of hydrogen-bond acceptors (Lipinski definition) is 5. The van der Waals surface area contributed by atoms with Crippen LogP contribution in [-0.4, -0.2) is 42.0 Å². The van der Waals surface area contributed by atoms with Gasteiger partial charge in [-0.1, -0.05) is 6.07 Å². The summed E-state index contributed by atoms with van der Waals surface area (Å²) >= 11 is 0. The van der Waals surface area contributed by atoms with Gasteiger partial charge in [-0.15, -0.1) is 0 Å². The quantitative estimate of drug-likeness (QED) is 0.514. The molecule has 0 spiro atoms. The Morgan fingerprint density at radius 2 is 1.94 bits per heavy atom. The fourth-order valence-electron chi connectivity index (χ4n) is 3.67. The number of benzene rings is 1. The standard InChI is InChI=1S/C22H20F5N3O3/c1-28-20(31)33-18-10-15-8-14(9-16(19(15)32-18)22(25,26)27)17-3-2-13(11-29-17)12-30-6-4-21(23,24)5-7-30/h2-3,8-11H,4-7,12H2,1H3,(H,28,31). The molecule has 6 nitrogen and oxygen atoms in total. The van der Waals surface area contributed by atoms with Crippen LogP contribution in [0.5, 0.6) is 5.95 Å². The van der Waals surface area contributed by atoms with Crippen molar-refractivity contribution in [1.82, 2.24) is 15.2 Å². The largest absolute Gasteiger partial charge is 0.425 e. The van der Waals surface area contributed by atoms with Gasteiger partial charge in [0.1, 0.15) is 0 Å². The van der Waals surface area contributed by atoms with Gasteiger partial charge in [0, 0.05) is 62.7 Å². The molecule has 0 atom stereocenters. The molecule has 1 saturated heterocycles. The van der Waals surface area contributed by atoms with E-state index in [9.17, 15) is 26.7 Å². The van der Waals surface area contributed by atoms with Crippen molar-refractivity contribution in [3.8, 4) is 17.2 Å². The van der Waals surface area contributed by atoms with Crippen molar-refractivity contribution in [2.45, 2.75) is 31.5 Å². The zero-order chi connectivity index (χ0) is 23.8. The molecule has 2 aromatic heterocycles. The molecule has 1 amide bonds. The third-order valence-electron chi connectivity index (χ3n) is 5.41. The van der Waals surface area contributed by atoms with Crippen molar-refractivity contribution in [2.75, 3.05) is 20.1 Å². The molecule has 1 aliphatic rings. The first-order chi connectivity index (χ1) is 15.5. The van der Waals surface area contributed by atoms with Gasteiger partial charge in [0.05, 0.1) is 11.3 Å². The number of amides is 1. The Hall–Kier alpha value is -3.21. The maximum absolute atomic E-state index is 13.7. The van der Waals surface area contributed by atoms with Crippen LogP contribution in [0, 0.1) is 0 Å². The van der Waals surface area contributed by atoms with Crippen LogP contribution in [0.4, 0.5) is 26.7 Å². The van der Waals surface area contributed by atoms with Crippen LogP contribution in [0.1, 0.15) is 24.0 Å². The topological polar surface area (TPSA) is 67.6 Å². The monoisotopic (exact) mass is 469 g/mol. The number of hydrogen-bond donors (Lipinski definition) is 1. The lowest BCUT2D eigenvalue weighted by atomic mass is 10.0. The Bertz CT molecular complexity index is 1150. The molecule has 11 heteroatoms. The summed E-state index contributed by atoms with van der Waals surface area (Å²) in [6.07, 6.45) is -4.47. The van der Waals surface area contributed by atoms with Gasteiger partial charge < -0.3 is 14.5 Å². The molecule has 176 valence electrons. The molecule has 1 fully saturated rings. The number of rotatable bonds is 4. The summed E-state index contributed by atoms with van der Waals surface area (Å²) < 4.78 is 77.6. The molecule has 3 heterocycles. The van der Waals surface area contributed by atoms with E-state index in [1.165, 1.54) is 25.4 Å². The van der Waals surface area contributed by atoms with Crippen molar-refractivity contribution >= 4 is 17.1 Å². The van der Waals surface area contributed by atoms with Crippen LogP contribution in [0.2, 0.25) is 0 Å². The number of furan rings is 1. The molecule has 0 bridgehead atoms. The second kappa shape index (κ2) is 8.62. The minimum Gasteiger partial charge on any atom is -0.425 e. The van der Waals surface area contributed by atoms with Gasteiger partial charge in [-0.25, -0.2) is 13.6 Å². The maximum Gasteiger partial charge on any atom is 0.420 e. The van der Waals surface area contributed by atoms with E-state index in [1.54, 1.807) is 12.1 Å². The molecule has 4 rings (SSSR count). The minimum absolute atomic E-state index is 0.0962. The number of halogens is 5. The highest BCUT2D eigenvalue weighted by Crippen LogP contribution is 2.40. The van der Waals surface area contributed by atoms with Crippen molar-refractivity contribution in [3.05, 3.63) is 47.7 Å². The molecule has 1 N–H and O–H groups in total. The van der Waals surface area contributed by atoms with Crippen LogP contribution in [0.3, 0.4) is 0 Å². The molecule has 0 unspecified atom stereocenters. The van der Waals surface area contributed by atoms with E-state index in [-0.39, 0.29) is 42.8 Å². The Kier molecular flexibility index (Phi) is 6.00. The number of ether oxygens (including phenoxy) is 1. The number of carbonyl (C=O) groups excluding carboxylic acids is 1. The Balaban J connectivity index is 1.60. The predicted octanol–water partition coefficient (Wildman–Crippen LogP) is 5.46. The van der Waals surface area contributed by atoms with E-state index in [1.807, 2.05) is 4.90 Å². The van der Waals surface area contributed by atoms with Crippen LogP contribution >= 0.6 is 0 Å². The summed E-state index contributed by atoms with van der Waals surface area (Å²) in [5.41, 5.74) is -0.214. The number of pyridine rings is 1. The average molecular weight is 469 g/mol. The van der Waals surface area contributed by atoms with Crippen LogP contribution in [0.25, 0.3) is 22.2 Å². The summed E-state index contributed by atoms with van der Waals surface area (Å²) in [7, 11) is 1.31. The van der Waals surface area contributed by atoms with Gasteiger partial charge in [-0.05, 0) is 23.8 Å². The summed E-state index contributed by atoms with van der Waals surface area (Å²) in [6, 6.07) is 6.87. The molecule has 1 aliphatic heterocycles. The molecule has 1 aromatic carbocycles. The number of likely N-dealkylation sites (tertiary alicyclic amines) is 1. The highest BCUT2D eigenvalue weighted by atomic mass is 19.4. The van der Waals surface area contributed by atoms with Crippen molar-refractivity contribution in [3.63, 3.8) is 0 Å². The third kappa shape index (κ3) is 5.24. The Labute approximate surface area is 185 Å². The van der Waals surface area contributed by atoms with E-state index < -0.39 is 29.3 Å². The molecule has 3 aromatic rings. The van der Waals surface area contributed by atoms with Gasteiger partial charge in [-0.3, -0.25) is 9.88 Å². The molecule has 33 heavy (non-hydrogen) atoms. The predicted molar refractivity (Wildman–Crippen MR) is 109 cm³/mol. The number of aromatic nitrogens is 1. The Morgan fingerprint density at radius 1 is 1.21 bits per heavy atom. The van der Waals surface area contributed by atoms with Gasteiger partial charge >= 0.3 is 12.3 Å². The van der Waals surface area contributed by atoms with Gasteiger partial charge in [0.2, 0.25) is 0 Å².